The minimum Gasteiger partial charge on any atom is -0.467 e. The number of nitrogens with zero attached hydrogens (tertiary/aromatic N) is 6. The first-order valence-electron chi connectivity index (χ1n) is 6.67. The molecular weight excluding hydrogens is 292 g/mol. The summed E-state index contributed by atoms with van der Waals surface area (Å²) in [7, 11) is 1.49. The van der Waals surface area contributed by atoms with Gasteiger partial charge in [0, 0.05) is 13.0 Å². The highest BCUT2D eigenvalue weighted by Crippen LogP contribution is 2.27. The van der Waals surface area contributed by atoms with Crippen molar-refractivity contribution >= 4 is 17.7 Å². The average molecular weight is 308 g/mol. The van der Waals surface area contributed by atoms with Crippen molar-refractivity contribution in [2.45, 2.75) is 42.5 Å². The summed E-state index contributed by atoms with van der Waals surface area (Å²) in [6.45, 7) is 0.925. The van der Waals surface area contributed by atoms with Gasteiger partial charge in [-0.3, -0.25) is 5.43 Å². The van der Waals surface area contributed by atoms with Crippen molar-refractivity contribution in [1.82, 2.24) is 29.7 Å². The Hall–Kier alpha value is -1.94. The number of ether oxygens (including phenoxy) is 1. The second kappa shape index (κ2) is 6.22. The monoisotopic (exact) mass is 308 g/mol. The molecule has 0 spiro atoms. The summed E-state index contributed by atoms with van der Waals surface area (Å²) in [4.78, 5) is 12.3. The van der Waals surface area contributed by atoms with E-state index in [0.717, 1.165) is 36.8 Å². The van der Waals surface area contributed by atoms with Crippen LogP contribution in [-0.4, -0.2) is 36.8 Å². The standard InChI is InChI=1S/C11H16N8OS/c1-20-9-13-8(16-12)14-10(15-9)21-11-18-17-7-5-3-2-4-6-19(7)11/h2-6,12H2,1H3,(H,13,14,15,16). The summed E-state index contributed by atoms with van der Waals surface area (Å²) in [5.41, 5.74) is 2.40. The van der Waals surface area contributed by atoms with E-state index < -0.39 is 0 Å². The second-order valence-electron chi connectivity index (χ2n) is 4.54. The molecule has 9 nitrogen and oxygen atoms in total. The lowest BCUT2D eigenvalue weighted by Crippen LogP contribution is -2.12. The summed E-state index contributed by atoms with van der Waals surface area (Å²) >= 11 is 1.33. The summed E-state index contributed by atoms with van der Waals surface area (Å²) < 4.78 is 7.16. The Morgan fingerprint density at radius 1 is 1.19 bits per heavy atom. The van der Waals surface area contributed by atoms with Crippen molar-refractivity contribution in [3.8, 4) is 6.01 Å². The molecule has 112 valence electrons. The van der Waals surface area contributed by atoms with Crippen LogP contribution in [0.5, 0.6) is 6.01 Å². The molecule has 2 aromatic heterocycles. The molecule has 0 unspecified atom stereocenters. The molecule has 10 heteroatoms. The SMILES string of the molecule is COc1nc(NN)nc(Sc2nnc3n2CCCCC3)n1. The van der Waals surface area contributed by atoms with Crippen LogP contribution in [0.2, 0.25) is 0 Å². The minimum absolute atomic E-state index is 0.205. The fourth-order valence-electron chi connectivity index (χ4n) is 2.15. The van der Waals surface area contributed by atoms with Gasteiger partial charge < -0.3 is 9.30 Å². The van der Waals surface area contributed by atoms with Gasteiger partial charge in [-0.15, -0.1) is 10.2 Å². The molecule has 1 aliphatic rings. The lowest BCUT2D eigenvalue weighted by molar-refractivity contribution is 0.373. The van der Waals surface area contributed by atoms with E-state index in [0.29, 0.717) is 5.16 Å². The number of aromatic nitrogens is 6. The largest absolute Gasteiger partial charge is 0.467 e. The van der Waals surface area contributed by atoms with Crippen molar-refractivity contribution in [3.63, 3.8) is 0 Å². The number of hydrazine groups is 1. The Morgan fingerprint density at radius 3 is 2.90 bits per heavy atom. The Labute approximate surface area is 125 Å². The van der Waals surface area contributed by atoms with Crippen molar-refractivity contribution in [3.05, 3.63) is 5.82 Å². The van der Waals surface area contributed by atoms with Crippen LogP contribution in [0.1, 0.15) is 25.1 Å². The predicted octanol–water partition coefficient (Wildman–Crippen LogP) is 0.635. The molecule has 0 saturated heterocycles. The van der Waals surface area contributed by atoms with Gasteiger partial charge in [-0.2, -0.15) is 15.0 Å². The highest BCUT2D eigenvalue weighted by Gasteiger charge is 2.17. The number of anilines is 1. The molecule has 0 aliphatic carbocycles. The number of fused-ring (bicyclic) bond motifs is 1. The van der Waals surface area contributed by atoms with Crippen molar-refractivity contribution in [2.24, 2.45) is 5.84 Å². The molecule has 21 heavy (non-hydrogen) atoms. The fourth-order valence-corrected chi connectivity index (χ4v) is 2.96. The molecule has 3 rings (SSSR count). The van der Waals surface area contributed by atoms with Gasteiger partial charge in [0.2, 0.25) is 11.1 Å². The lowest BCUT2D eigenvalue weighted by Gasteiger charge is -2.07. The summed E-state index contributed by atoms with van der Waals surface area (Å²) in [6.07, 6.45) is 4.47. The summed E-state index contributed by atoms with van der Waals surface area (Å²) in [5.74, 6) is 6.62. The maximum atomic E-state index is 5.35. The predicted molar refractivity (Wildman–Crippen MR) is 75.9 cm³/mol. The van der Waals surface area contributed by atoms with Crippen molar-refractivity contribution in [1.29, 1.82) is 0 Å². The molecule has 0 atom stereocenters. The van der Waals surface area contributed by atoms with Crippen LogP contribution in [0, 0.1) is 0 Å². The Morgan fingerprint density at radius 2 is 2.10 bits per heavy atom. The quantitative estimate of drug-likeness (QED) is 0.619. The van der Waals surface area contributed by atoms with Crippen LogP contribution in [0.25, 0.3) is 0 Å². The van der Waals surface area contributed by atoms with E-state index in [9.17, 15) is 0 Å². The van der Waals surface area contributed by atoms with Gasteiger partial charge in [-0.1, -0.05) is 6.42 Å². The van der Waals surface area contributed by atoms with E-state index >= 15 is 0 Å². The maximum absolute atomic E-state index is 5.35. The summed E-state index contributed by atoms with van der Waals surface area (Å²) in [5, 5.41) is 9.72. The smallest absolute Gasteiger partial charge is 0.322 e. The third-order valence-electron chi connectivity index (χ3n) is 3.16. The highest BCUT2D eigenvalue weighted by molar-refractivity contribution is 7.99. The van der Waals surface area contributed by atoms with Gasteiger partial charge in [0.05, 0.1) is 7.11 Å². The second-order valence-corrected chi connectivity index (χ2v) is 5.47. The number of hydrogen-bond acceptors (Lipinski definition) is 9. The van der Waals surface area contributed by atoms with E-state index in [-0.39, 0.29) is 12.0 Å². The number of nitrogens with one attached hydrogen (secondary N) is 1. The number of rotatable bonds is 4. The van der Waals surface area contributed by atoms with Gasteiger partial charge in [0.25, 0.3) is 0 Å². The molecule has 1 aliphatic heterocycles. The lowest BCUT2D eigenvalue weighted by atomic mass is 10.2. The van der Waals surface area contributed by atoms with Gasteiger partial charge >= 0.3 is 6.01 Å². The molecule has 3 heterocycles. The number of nitrogens with two attached hydrogens (primary N) is 1. The molecule has 2 aromatic rings. The first-order chi connectivity index (χ1) is 10.3. The van der Waals surface area contributed by atoms with Crippen LogP contribution in [0.15, 0.2) is 10.3 Å². The third-order valence-corrected chi connectivity index (χ3v) is 4.01. The normalized spacial score (nSPS) is 14.4. The van der Waals surface area contributed by atoms with Crippen LogP contribution >= 0.6 is 11.8 Å². The topological polar surface area (TPSA) is 117 Å². The van der Waals surface area contributed by atoms with Gasteiger partial charge in [0.1, 0.15) is 5.82 Å². The molecule has 0 saturated carbocycles. The van der Waals surface area contributed by atoms with Crippen molar-refractivity contribution in [2.75, 3.05) is 12.5 Å². The van der Waals surface area contributed by atoms with Gasteiger partial charge in [-0.05, 0) is 24.6 Å². The average Bonchev–Trinajstić information content (AvgIpc) is 2.74. The maximum Gasteiger partial charge on any atom is 0.322 e. The molecular formula is C11H16N8OS. The van der Waals surface area contributed by atoms with Gasteiger partial charge in [0.15, 0.2) is 5.16 Å². The number of aryl methyl sites for hydroxylation is 1. The Balaban J connectivity index is 1.88. The Kier molecular flexibility index (Phi) is 4.15. The van der Waals surface area contributed by atoms with Crippen LogP contribution in [0.3, 0.4) is 0 Å². The van der Waals surface area contributed by atoms with E-state index in [1.165, 1.54) is 25.3 Å². The van der Waals surface area contributed by atoms with E-state index in [1.54, 1.807) is 0 Å². The van der Waals surface area contributed by atoms with Crippen LogP contribution in [0.4, 0.5) is 5.95 Å². The zero-order valence-corrected chi connectivity index (χ0v) is 12.4. The van der Waals surface area contributed by atoms with E-state index in [4.69, 9.17) is 10.6 Å². The molecule has 0 radical (unpaired) electrons. The molecule has 0 amide bonds. The first-order valence-corrected chi connectivity index (χ1v) is 7.48. The highest BCUT2D eigenvalue weighted by atomic mass is 32.2. The fraction of sp³-hybridized carbons (Fsp3) is 0.545. The van der Waals surface area contributed by atoms with Crippen LogP contribution in [-0.2, 0) is 13.0 Å². The molecule has 0 bridgehead atoms. The molecule has 0 fully saturated rings. The van der Waals surface area contributed by atoms with Crippen molar-refractivity contribution < 1.29 is 4.74 Å². The number of hydrogen-bond donors (Lipinski definition) is 2. The minimum atomic E-state index is 0.205. The first kappa shape index (κ1) is 14.0. The zero-order chi connectivity index (χ0) is 14.7. The van der Waals surface area contributed by atoms with Gasteiger partial charge in [-0.25, -0.2) is 5.84 Å². The van der Waals surface area contributed by atoms with E-state index in [2.05, 4.69) is 35.1 Å². The molecule has 0 aromatic carbocycles. The number of methoxy groups -OCH3 is 1. The third kappa shape index (κ3) is 3.05. The van der Waals surface area contributed by atoms with Crippen LogP contribution < -0.4 is 16.0 Å². The summed E-state index contributed by atoms with van der Waals surface area (Å²) in [6, 6.07) is 0.205. The zero-order valence-electron chi connectivity index (χ0n) is 11.6. The number of nitrogen functional groups attached to an aromatic ring is 1. The Bertz CT molecular complexity index is 608. The molecule has 3 N–H and O–H groups in total. The van der Waals surface area contributed by atoms with E-state index in [1.807, 2.05) is 0 Å².